The van der Waals surface area contributed by atoms with Crippen molar-refractivity contribution >= 4 is 0 Å². The fourth-order valence-electron chi connectivity index (χ4n) is 2.19. The van der Waals surface area contributed by atoms with Gasteiger partial charge in [0.2, 0.25) is 0 Å². The van der Waals surface area contributed by atoms with Gasteiger partial charge < -0.3 is 10.2 Å². The van der Waals surface area contributed by atoms with E-state index in [4.69, 9.17) is 0 Å². The first-order valence-corrected chi connectivity index (χ1v) is 6.29. The van der Waals surface area contributed by atoms with Crippen molar-refractivity contribution in [1.29, 1.82) is 0 Å². The Morgan fingerprint density at radius 3 is 2.11 bits per heavy atom. The van der Waals surface area contributed by atoms with E-state index in [1.54, 1.807) is 6.07 Å². The molecule has 0 aliphatic carbocycles. The average molecular weight is 242 g/mol. The van der Waals surface area contributed by atoms with Crippen molar-refractivity contribution in [2.45, 2.75) is 26.7 Å². The monoisotopic (exact) mass is 242 g/mol. The van der Waals surface area contributed by atoms with Gasteiger partial charge >= 0.3 is 0 Å². The molecule has 0 atom stereocenters. The standard InChI is InChI=1S/C16H18O2/c1-3-11-5-7-12(8-6-11)15-9-13(17)10-16(18)14(15)4-2/h5-10,17-18H,3-4H2,1-2H3. The van der Waals surface area contributed by atoms with Gasteiger partial charge in [-0.25, -0.2) is 0 Å². The summed E-state index contributed by atoms with van der Waals surface area (Å²) in [7, 11) is 0. The maximum Gasteiger partial charge on any atom is 0.123 e. The Hall–Kier alpha value is -1.96. The van der Waals surface area contributed by atoms with Gasteiger partial charge in [0.1, 0.15) is 11.5 Å². The predicted octanol–water partition coefficient (Wildman–Crippen LogP) is 3.89. The third-order valence-electron chi connectivity index (χ3n) is 3.24. The van der Waals surface area contributed by atoms with Crippen LogP contribution >= 0.6 is 0 Å². The highest BCUT2D eigenvalue weighted by atomic mass is 16.3. The lowest BCUT2D eigenvalue weighted by molar-refractivity contribution is 0.447. The van der Waals surface area contributed by atoms with E-state index in [2.05, 4.69) is 19.1 Å². The molecule has 2 nitrogen and oxygen atoms in total. The van der Waals surface area contributed by atoms with E-state index in [0.29, 0.717) is 0 Å². The largest absolute Gasteiger partial charge is 0.508 e. The lowest BCUT2D eigenvalue weighted by Crippen LogP contribution is -1.89. The number of aromatic hydroxyl groups is 2. The Bertz CT molecular complexity index is 542. The summed E-state index contributed by atoms with van der Waals surface area (Å²) in [6, 6.07) is 11.3. The van der Waals surface area contributed by atoms with Crippen molar-refractivity contribution in [3.05, 3.63) is 47.5 Å². The summed E-state index contributed by atoms with van der Waals surface area (Å²) in [5, 5.41) is 19.5. The molecule has 2 aromatic carbocycles. The third-order valence-corrected chi connectivity index (χ3v) is 3.24. The molecule has 0 amide bonds. The molecule has 0 aliphatic rings. The van der Waals surface area contributed by atoms with Crippen molar-refractivity contribution < 1.29 is 10.2 Å². The summed E-state index contributed by atoms with van der Waals surface area (Å²) in [6.45, 7) is 4.11. The van der Waals surface area contributed by atoms with Gasteiger partial charge in [-0.2, -0.15) is 0 Å². The third kappa shape index (κ3) is 2.33. The Morgan fingerprint density at radius 1 is 0.889 bits per heavy atom. The number of hydrogen-bond donors (Lipinski definition) is 2. The highest BCUT2D eigenvalue weighted by molar-refractivity contribution is 5.72. The number of aryl methyl sites for hydroxylation is 1. The van der Waals surface area contributed by atoms with Crippen LogP contribution in [-0.4, -0.2) is 10.2 Å². The van der Waals surface area contributed by atoms with Crippen molar-refractivity contribution in [3.8, 4) is 22.6 Å². The minimum absolute atomic E-state index is 0.0965. The van der Waals surface area contributed by atoms with Crippen molar-refractivity contribution in [3.63, 3.8) is 0 Å². The topological polar surface area (TPSA) is 40.5 Å². The fourth-order valence-corrected chi connectivity index (χ4v) is 2.19. The molecule has 94 valence electrons. The molecule has 0 heterocycles. The van der Waals surface area contributed by atoms with Gasteiger partial charge in [0.25, 0.3) is 0 Å². The van der Waals surface area contributed by atoms with Crippen LogP contribution in [0.25, 0.3) is 11.1 Å². The first-order chi connectivity index (χ1) is 8.65. The number of phenols is 2. The van der Waals surface area contributed by atoms with Crippen LogP contribution in [0.5, 0.6) is 11.5 Å². The van der Waals surface area contributed by atoms with Crippen LogP contribution in [0, 0.1) is 0 Å². The van der Waals surface area contributed by atoms with E-state index in [-0.39, 0.29) is 11.5 Å². The summed E-state index contributed by atoms with van der Waals surface area (Å²) in [6.07, 6.45) is 1.74. The summed E-state index contributed by atoms with van der Waals surface area (Å²) in [5.41, 5.74) is 4.08. The van der Waals surface area contributed by atoms with Gasteiger partial charge in [-0.3, -0.25) is 0 Å². The van der Waals surface area contributed by atoms with E-state index < -0.39 is 0 Å². The zero-order valence-electron chi connectivity index (χ0n) is 10.8. The number of benzene rings is 2. The minimum Gasteiger partial charge on any atom is -0.508 e. The van der Waals surface area contributed by atoms with Crippen molar-refractivity contribution in [2.75, 3.05) is 0 Å². The predicted molar refractivity (Wildman–Crippen MR) is 74.0 cm³/mol. The van der Waals surface area contributed by atoms with Gasteiger partial charge in [-0.1, -0.05) is 38.1 Å². The second-order valence-corrected chi connectivity index (χ2v) is 4.40. The van der Waals surface area contributed by atoms with Crippen LogP contribution < -0.4 is 0 Å². The van der Waals surface area contributed by atoms with Crippen LogP contribution in [0.3, 0.4) is 0 Å². The molecule has 0 radical (unpaired) electrons. The van der Waals surface area contributed by atoms with Gasteiger partial charge in [0.15, 0.2) is 0 Å². The molecule has 2 N–H and O–H groups in total. The van der Waals surface area contributed by atoms with Gasteiger partial charge in [0, 0.05) is 11.6 Å². The Morgan fingerprint density at radius 2 is 1.56 bits per heavy atom. The molecule has 0 saturated heterocycles. The zero-order chi connectivity index (χ0) is 13.1. The lowest BCUT2D eigenvalue weighted by Gasteiger charge is -2.11. The van der Waals surface area contributed by atoms with E-state index in [0.717, 1.165) is 29.5 Å². The zero-order valence-corrected chi connectivity index (χ0v) is 10.8. The molecule has 2 rings (SSSR count). The summed E-state index contributed by atoms with van der Waals surface area (Å²) < 4.78 is 0. The summed E-state index contributed by atoms with van der Waals surface area (Å²) >= 11 is 0. The van der Waals surface area contributed by atoms with Crippen molar-refractivity contribution in [2.24, 2.45) is 0 Å². The Labute approximate surface area is 108 Å². The summed E-state index contributed by atoms with van der Waals surface area (Å²) in [4.78, 5) is 0. The van der Waals surface area contributed by atoms with Crippen LogP contribution in [0.4, 0.5) is 0 Å². The molecule has 2 aromatic rings. The molecule has 0 aliphatic heterocycles. The molecule has 0 saturated carbocycles. The van der Waals surface area contributed by atoms with Gasteiger partial charge in [-0.05, 0) is 35.6 Å². The second-order valence-electron chi connectivity index (χ2n) is 4.40. The Kier molecular flexibility index (Phi) is 3.56. The highest BCUT2D eigenvalue weighted by Crippen LogP contribution is 2.34. The molecule has 0 aromatic heterocycles. The smallest absolute Gasteiger partial charge is 0.123 e. The first-order valence-electron chi connectivity index (χ1n) is 6.29. The first kappa shape index (κ1) is 12.5. The van der Waals surface area contributed by atoms with E-state index in [1.807, 2.05) is 19.1 Å². The molecule has 0 spiro atoms. The van der Waals surface area contributed by atoms with Crippen LogP contribution in [0.2, 0.25) is 0 Å². The van der Waals surface area contributed by atoms with Crippen molar-refractivity contribution in [1.82, 2.24) is 0 Å². The number of phenolic OH excluding ortho intramolecular Hbond substituents is 2. The van der Waals surface area contributed by atoms with Crippen LogP contribution in [0.15, 0.2) is 36.4 Å². The molecular weight excluding hydrogens is 224 g/mol. The van der Waals surface area contributed by atoms with Crippen LogP contribution in [-0.2, 0) is 12.8 Å². The van der Waals surface area contributed by atoms with E-state index in [9.17, 15) is 10.2 Å². The quantitative estimate of drug-likeness (QED) is 0.857. The van der Waals surface area contributed by atoms with Gasteiger partial charge in [-0.15, -0.1) is 0 Å². The maximum absolute atomic E-state index is 9.87. The van der Waals surface area contributed by atoms with E-state index in [1.165, 1.54) is 11.6 Å². The average Bonchev–Trinajstić information content (AvgIpc) is 2.38. The SMILES string of the molecule is CCc1ccc(-c2cc(O)cc(O)c2CC)cc1. The Balaban J connectivity index is 2.54. The molecule has 0 unspecified atom stereocenters. The van der Waals surface area contributed by atoms with E-state index >= 15 is 0 Å². The molecule has 0 bridgehead atoms. The normalized spacial score (nSPS) is 10.6. The highest BCUT2D eigenvalue weighted by Gasteiger charge is 2.10. The number of hydrogen-bond acceptors (Lipinski definition) is 2. The lowest BCUT2D eigenvalue weighted by atomic mass is 9.96. The molecule has 18 heavy (non-hydrogen) atoms. The molecular formula is C16H18O2. The summed E-state index contributed by atoms with van der Waals surface area (Å²) in [5.74, 6) is 0.256. The molecule has 0 fully saturated rings. The van der Waals surface area contributed by atoms with Gasteiger partial charge in [0.05, 0.1) is 0 Å². The molecule has 2 heteroatoms. The number of rotatable bonds is 3. The fraction of sp³-hybridized carbons (Fsp3) is 0.250. The minimum atomic E-state index is 0.0965. The maximum atomic E-state index is 9.87. The second kappa shape index (κ2) is 5.13. The van der Waals surface area contributed by atoms with Crippen LogP contribution in [0.1, 0.15) is 25.0 Å².